The van der Waals surface area contributed by atoms with Crippen LogP contribution >= 0.6 is 0 Å². The smallest absolute Gasteiger partial charge is 0.0239 e. The number of nitrogens with zero attached hydrogens (tertiary/aromatic N) is 1. The van der Waals surface area contributed by atoms with Gasteiger partial charge in [-0.05, 0) is 37.9 Å². The fraction of sp³-hybridized carbons (Fsp3) is 0.529. The molecule has 0 saturated heterocycles. The van der Waals surface area contributed by atoms with E-state index in [4.69, 9.17) is 0 Å². The van der Waals surface area contributed by atoms with Gasteiger partial charge in [-0.3, -0.25) is 4.90 Å². The van der Waals surface area contributed by atoms with Crippen LogP contribution in [-0.2, 0) is 6.54 Å². The van der Waals surface area contributed by atoms with Gasteiger partial charge in [-0.1, -0.05) is 37.3 Å². The predicted molar refractivity (Wildman–Crippen MR) is 84.5 cm³/mol. The first-order valence-electron chi connectivity index (χ1n) is 7.16. The van der Waals surface area contributed by atoms with Crippen molar-refractivity contribution in [1.82, 2.24) is 10.2 Å². The van der Waals surface area contributed by atoms with Gasteiger partial charge in [0.1, 0.15) is 0 Å². The molecule has 1 unspecified atom stereocenters. The zero-order valence-corrected chi connectivity index (χ0v) is 12.8. The van der Waals surface area contributed by atoms with Gasteiger partial charge < -0.3 is 5.32 Å². The first-order valence-corrected chi connectivity index (χ1v) is 7.16. The van der Waals surface area contributed by atoms with Gasteiger partial charge in [-0.15, -0.1) is 6.58 Å². The Hall–Kier alpha value is -1.12. The molecule has 106 valence electrons. The van der Waals surface area contributed by atoms with E-state index in [0.717, 1.165) is 19.6 Å². The first-order chi connectivity index (χ1) is 9.08. The summed E-state index contributed by atoms with van der Waals surface area (Å²) in [6.07, 6.45) is 1.98. The Morgan fingerprint density at radius 1 is 1.21 bits per heavy atom. The third-order valence-electron chi connectivity index (χ3n) is 3.54. The van der Waals surface area contributed by atoms with E-state index < -0.39 is 0 Å². The highest BCUT2D eigenvalue weighted by molar-refractivity contribution is 5.25. The summed E-state index contributed by atoms with van der Waals surface area (Å²) in [6.45, 7) is 13.5. The average Bonchev–Trinajstić information content (AvgIpc) is 2.39. The van der Waals surface area contributed by atoms with E-state index in [-0.39, 0.29) is 0 Å². The van der Waals surface area contributed by atoms with Crippen molar-refractivity contribution < 1.29 is 0 Å². The summed E-state index contributed by atoms with van der Waals surface area (Å²) in [5, 5.41) is 3.23. The summed E-state index contributed by atoms with van der Waals surface area (Å²) in [6, 6.07) is 9.55. The van der Waals surface area contributed by atoms with Gasteiger partial charge in [0.25, 0.3) is 0 Å². The van der Waals surface area contributed by atoms with Crippen molar-refractivity contribution in [3.8, 4) is 0 Å². The standard InChI is InChI=1S/C17H28N2/c1-6-11-19(14(2)3)13-16-7-9-17(10-8-16)15(4)12-18-5/h6-10,14-15,18H,1,11-13H2,2-5H3. The molecule has 0 aliphatic heterocycles. The van der Waals surface area contributed by atoms with Crippen LogP contribution in [0.25, 0.3) is 0 Å². The summed E-state index contributed by atoms with van der Waals surface area (Å²) in [7, 11) is 2.00. The Morgan fingerprint density at radius 2 is 1.84 bits per heavy atom. The lowest BCUT2D eigenvalue weighted by Crippen LogP contribution is -2.30. The van der Waals surface area contributed by atoms with Crippen molar-refractivity contribution in [3.63, 3.8) is 0 Å². The Morgan fingerprint density at radius 3 is 2.32 bits per heavy atom. The summed E-state index contributed by atoms with van der Waals surface area (Å²) in [5.41, 5.74) is 2.77. The van der Waals surface area contributed by atoms with Crippen LogP contribution in [0.15, 0.2) is 36.9 Å². The van der Waals surface area contributed by atoms with Gasteiger partial charge in [-0.25, -0.2) is 0 Å². The fourth-order valence-corrected chi connectivity index (χ4v) is 2.23. The molecule has 0 amide bonds. The molecule has 0 radical (unpaired) electrons. The van der Waals surface area contributed by atoms with Crippen LogP contribution in [0.5, 0.6) is 0 Å². The summed E-state index contributed by atoms with van der Waals surface area (Å²) in [4.78, 5) is 2.42. The lowest BCUT2D eigenvalue weighted by Gasteiger charge is -2.25. The van der Waals surface area contributed by atoms with Crippen molar-refractivity contribution in [2.45, 2.75) is 39.3 Å². The number of rotatable bonds is 8. The fourth-order valence-electron chi connectivity index (χ4n) is 2.23. The number of hydrogen-bond donors (Lipinski definition) is 1. The second-order valence-electron chi connectivity index (χ2n) is 5.51. The Labute approximate surface area is 118 Å². The van der Waals surface area contributed by atoms with Crippen LogP contribution in [0.1, 0.15) is 37.8 Å². The first kappa shape index (κ1) is 15.9. The second-order valence-corrected chi connectivity index (χ2v) is 5.51. The van der Waals surface area contributed by atoms with Crippen LogP contribution in [0.4, 0.5) is 0 Å². The van der Waals surface area contributed by atoms with E-state index in [1.807, 2.05) is 13.1 Å². The van der Waals surface area contributed by atoms with E-state index in [1.54, 1.807) is 0 Å². The molecular formula is C17H28N2. The van der Waals surface area contributed by atoms with E-state index in [0.29, 0.717) is 12.0 Å². The quantitative estimate of drug-likeness (QED) is 0.721. The maximum Gasteiger partial charge on any atom is 0.0239 e. The molecule has 0 aliphatic carbocycles. The van der Waals surface area contributed by atoms with E-state index in [2.05, 4.69) is 61.8 Å². The molecule has 0 heterocycles. The van der Waals surface area contributed by atoms with Crippen molar-refractivity contribution in [1.29, 1.82) is 0 Å². The molecule has 2 nitrogen and oxygen atoms in total. The number of nitrogens with one attached hydrogen (secondary N) is 1. The highest BCUT2D eigenvalue weighted by Gasteiger charge is 2.09. The predicted octanol–water partition coefficient (Wildman–Crippen LogP) is 3.41. The monoisotopic (exact) mass is 260 g/mol. The van der Waals surface area contributed by atoms with Crippen LogP contribution in [0, 0.1) is 0 Å². The van der Waals surface area contributed by atoms with Crippen LogP contribution in [0.3, 0.4) is 0 Å². The molecule has 0 bridgehead atoms. The Balaban J connectivity index is 2.67. The van der Waals surface area contributed by atoms with Crippen molar-refractivity contribution in [3.05, 3.63) is 48.0 Å². The van der Waals surface area contributed by atoms with Gasteiger partial charge in [0.15, 0.2) is 0 Å². The Bertz CT molecular complexity index is 367. The van der Waals surface area contributed by atoms with E-state index in [1.165, 1.54) is 11.1 Å². The SMILES string of the molecule is C=CCN(Cc1ccc(C(C)CNC)cc1)C(C)C. The summed E-state index contributed by atoms with van der Waals surface area (Å²) >= 11 is 0. The molecule has 0 fully saturated rings. The normalized spacial score (nSPS) is 12.9. The van der Waals surface area contributed by atoms with E-state index >= 15 is 0 Å². The average molecular weight is 260 g/mol. The number of hydrogen-bond acceptors (Lipinski definition) is 2. The molecule has 2 heteroatoms. The van der Waals surface area contributed by atoms with Gasteiger partial charge in [-0.2, -0.15) is 0 Å². The minimum absolute atomic E-state index is 0.542. The molecule has 1 aromatic rings. The highest BCUT2D eigenvalue weighted by atomic mass is 15.1. The van der Waals surface area contributed by atoms with E-state index in [9.17, 15) is 0 Å². The lowest BCUT2D eigenvalue weighted by atomic mass is 9.99. The summed E-state index contributed by atoms with van der Waals surface area (Å²) in [5.74, 6) is 0.563. The molecule has 0 saturated carbocycles. The van der Waals surface area contributed by atoms with Crippen LogP contribution in [0.2, 0.25) is 0 Å². The van der Waals surface area contributed by atoms with Crippen LogP contribution in [-0.4, -0.2) is 31.1 Å². The molecule has 1 atom stereocenters. The molecule has 19 heavy (non-hydrogen) atoms. The van der Waals surface area contributed by atoms with Gasteiger partial charge in [0, 0.05) is 25.7 Å². The summed E-state index contributed by atoms with van der Waals surface area (Å²) < 4.78 is 0. The largest absolute Gasteiger partial charge is 0.319 e. The van der Waals surface area contributed by atoms with Crippen molar-refractivity contribution in [2.24, 2.45) is 0 Å². The topological polar surface area (TPSA) is 15.3 Å². The molecule has 0 aromatic heterocycles. The second kappa shape index (κ2) is 8.13. The van der Waals surface area contributed by atoms with Crippen molar-refractivity contribution >= 4 is 0 Å². The molecule has 1 aromatic carbocycles. The third kappa shape index (κ3) is 5.17. The molecule has 1 N–H and O–H groups in total. The zero-order valence-electron chi connectivity index (χ0n) is 12.8. The highest BCUT2D eigenvalue weighted by Crippen LogP contribution is 2.16. The van der Waals surface area contributed by atoms with Gasteiger partial charge in [0.2, 0.25) is 0 Å². The number of benzene rings is 1. The zero-order chi connectivity index (χ0) is 14.3. The third-order valence-corrected chi connectivity index (χ3v) is 3.54. The maximum absolute atomic E-state index is 3.83. The molecular weight excluding hydrogens is 232 g/mol. The lowest BCUT2D eigenvalue weighted by molar-refractivity contribution is 0.237. The molecule has 0 aliphatic rings. The van der Waals surface area contributed by atoms with Crippen LogP contribution < -0.4 is 5.32 Å². The Kier molecular flexibility index (Phi) is 6.82. The van der Waals surface area contributed by atoms with Crippen molar-refractivity contribution in [2.75, 3.05) is 20.1 Å². The van der Waals surface area contributed by atoms with Gasteiger partial charge in [0.05, 0.1) is 0 Å². The number of likely N-dealkylation sites (N-methyl/N-ethyl adjacent to an activating group) is 1. The van der Waals surface area contributed by atoms with Gasteiger partial charge >= 0.3 is 0 Å². The molecule has 1 rings (SSSR count). The minimum Gasteiger partial charge on any atom is -0.319 e. The maximum atomic E-state index is 3.83. The molecule has 0 spiro atoms. The minimum atomic E-state index is 0.542.